The van der Waals surface area contributed by atoms with Crippen LogP contribution >= 0.6 is 0 Å². The first-order valence-corrected chi connectivity index (χ1v) is 5.61. The Hall–Kier alpha value is -1.58. The van der Waals surface area contributed by atoms with Crippen LogP contribution in [0.15, 0.2) is 18.3 Å². The zero-order valence-electron chi connectivity index (χ0n) is 9.39. The second-order valence-electron chi connectivity index (χ2n) is 4.25. The molecule has 16 heavy (non-hydrogen) atoms. The highest BCUT2D eigenvalue weighted by molar-refractivity contribution is 5.65. The van der Waals surface area contributed by atoms with Crippen molar-refractivity contribution in [1.82, 2.24) is 9.88 Å². The standard InChI is InChI=1S/C12H16N2O2/c1-2-9-6-10-4-3-5-13-11(10)8-14(7-9)12(15)16/h3-5,9H,2,6-8H2,1H3,(H,15,16)/t9-/m0/s1. The van der Waals surface area contributed by atoms with Gasteiger partial charge in [0, 0.05) is 12.7 Å². The van der Waals surface area contributed by atoms with E-state index in [9.17, 15) is 4.79 Å². The summed E-state index contributed by atoms with van der Waals surface area (Å²) >= 11 is 0. The highest BCUT2D eigenvalue weighted by atomic mass is 16.4. The largest absolute Gasteiger partial charge is 0.465 e. The molecule has 1 N–H and O–H groups in total. The van der Waals surface area contributed by atoms with E-state index in [2.05, 4.69) is 18.0 Å². The topological polar surface area (TPSA) is 53.4 Å². The maximum atomic E-state index is 11.1. The Bertz CT molecular complexity index is 392. The molecule has 0 radical (unpaired) electrons. The molecule has 2 rings (SSSR count). The van der Waals surface area contributed by atoms with Crippen molar-refractivity contribution in [3.63, 3.8) is 0 Å². The SMILES string of the molecule is CC[C@H]1Cc2cccnc2CN(C(=O)O)C1. The fourth-order valence-corrected chi connectivity index (χ4v) is 2.15. The van der Waals surface area contributed by atoms with Crippen molar-refractivity contribution >= 4 is 6.09 Å². The number of hydrogen-bond acceptors (Lipinski definition) is 2. The van der Waals surface area contributed by atoms with E-state index in [1.807, 2.05) is 6.07 Å². The van der Waals surface area contributed by atoms with Gasteiger partial charge >= 0.3 is 6.09 Å². The number of nitrogens with zero attached hydrogens (tertiary/aromatic N) is 2. The first-order valence-electron chi connectivity index (χ1n) is 5.61. The van der Waals surface area contributed by atoms with Gasteiger partial charge in [0.1, 0.15) is 0 Å². The fourth-order valence-electron chi connectivity index (χ4n) is 2.15. The molecule has 1 aromatic rings. The number of fused-ring (bicyclic) bond motifs is 1. The molecule has 4 nitrogen and oxygen atoms in total. The minimum Gasteiger partial charge on any atom is -0.465 e. The monoisotopic (exact) mass is 220 g/mol. The zero-order chi connectivity index (χ0) is 11.5. The van der Waals surface area contributed by atoms with E-state index in [-0.39, 0.29) is 0 Å². The van der Waals surface area contributed by atoms with Crippen molar-refractivity contribution in [2.45, 2.75) is 26.3 Å². The molecule has 0 aromatic carbocycles. The smallest absolute Gasteiger partial charge is 0.407 e. The molecule has 1 aliphatic rings. The number of pyridine rings is 1. The molecular weight excluding hydrogens is 204 g/mol. The minimum absolute atomic E-state index is 0.404. The van der Waals surface area contributed by atoms with Gasteiger partial charge in [0.25, 0.3) is 0 Å². The predicted molar refractivity (Wildman–Crippen MR) is 60.2 cm³/mol. The number of carboxylic acid groups (broad SMARTS) is 1. The summed E-state index contributed by atoms with van der Waals surface area (Å²) in [6.07, 6.45) is 2.81. The molecule has 0 unspecified atom stereocenters. The van der Waals surface area contributed by atoms with Crippen molar-refractivity contribution in [3.8, 4) is 0 Å². The average molecular weight is 220 g/mol. The molecule has 1 aromatic heterocycles. The summed E-state index contributed by atoms with van der Waals surface area (Å²) in [7, 11) is 0. The van der Waals surface area contributed by atoms with Gasteiger partial charge in [-0.25, -0.2) is 4.79 Å². The van der Waals surface area contributed by atoms with Crippen molar-refractivity contribution in [2.24, 2.45) is 5.92 Å². The van der Waals surface area contributed by atoms with Gasteiger partial charge in [0.2, 0.25) is 0 Å². The first kappa shape index (κ1) is 10.9. The lowest BCUT2D eigenvalue weighted by Crippen LogP contribution is -2.32. The lowest BCUT2D eigenvalue weighted by atomic mass is 9.97. The van der Waals surface area contributed by atoms with Gasteiger partial charge in [-0.1, -0.05) is 19.4 Å². The van der Waals surface area contributed by atoms with Gasteiger partial charge < -0.3 is 10.0 Å². The van der Waals surface area contributed by atoms with Crippen LogP contribution in [0.1, 0.15) is 24.6 Å². The molecule has 86 valence electrons. The zero-order valence-corrected chi connectivity index (χ0v) is 9.39. The Morgan fingerprint density at radius 2 is 2.50 bits per heavy atom. The van der Waals surface area contributed by atoms with Crippen molar-refractivity contribution < 1.29 is 9.90 Å². The van der Waals surface area contributed by atoms with Crippen LogP contribution in [-0.2, 0) is 13.0 Å². The average Bonchev–Trinajstić information content (AvgIpc) is 2.47. The summed E-state index contributed by atoms with van der Waals surface area (Å²) in [5.74, 6) is 0.404. The number of carbonyl (C=O) groups is 1. The highest BCUT2D eigenvalue weighted by Gasteiger charge is 2.24. The maximum Gasteiger partial charge on any atom is 0.407 e. The van der Waals surface area contributed by atoms with Crippen molar-refractivity contribution in [3.05, 3.63) is 29.6 Å². The van der Waals surface area contributed by atoms with Gasteiger partial charge in [0.05, 0.1) is 12.2 Å². The molecule has 2 heterocycles. The van der Waals surface area contributed by atoms with Gasteiger partial charge in [-0.3, -0.25) is 4.98 Å². The van der Waals surface area contributed by atoms with E-state index in [1.54, 1.807) is 6.20 Å². The van der Waals surface area contributed by atoms with E-state index < -0.39 is 6.09 Å². The van der Waals surface area contributed by atoms with E-state index in [0.29, 0.717) is 19.0 Å². The maximum absolute atomic E-state index is 11.1. The lowest BCUT2D eigenvalue weighted by molar-refractivity contribution is 0.134. The Kier molecular flexibility index (Phi) is 3.08. The van der Waals surface area contributed by atoms with E-state index >= 15 is 0 Å². The van der Waals surface area contributed by atoms with Crippen molar-refractivity contribution in [2.75, 3.05) is 6.54 Å². The molecule has 1 atom stereocenters. The third-order valence-electron chi connectivity index (χ3n) is 3.16. The third kappa shape index (κ3) is 2.15. The van der Waals surface area contributed by atoms with Crippen LogP contribution in [-0.4, -0.2) is 27.6 Å². The number of hydrogen-bond donors (Lipinski definition) is 1. The molecule has 0 spiro atoms. The quantitative estimate of drug-likeness (QED) is 0.789. The van der Waals surface area contributed by atoms with Crippen molar-refractivity contribution in [1.29, 1.82) is 0 Å². The van der Waals surface area contributed by atoms with Crippen LogP contribution in [0.3, 0.4) is 0 Å². The molecule has 1 aliphatic heterocycles. The van der Waals surface area contributed by atoms with Crippen LogP contribution in [0.25, 0.3) is 0 Å². The molecule has 0 aliphatic carbocycles. The third-order valence-corrected chi connectivity index (χ3v) is 3.16. The second kappa shape index (κ2) is 4.51. The van der Waals surface area contributed by atoms with Crippen LogP contribution in [0.4, 0.5) is 4.79 Å². The summed E-state index contributed by atoms with van der Waals surface area (Å²) in [6, 6.07) is 3.97. The number of rotatable bonds is 1. The Labute approximate surface area is 94.9 Å². The molecular formula is C12H16N2O2. The van der Waals surface area contributed by atoms with Crippen LogP contribution in [0.5, 0.6) is 0 Å². The van der Waals surface area contributed by atoms with E-state index in [4.69, 9.17) is 5.11 Å². The van der Waals surface area contributed by atoms with E-state index in [0.717, 1.165) is 18.5 Å². The summed E-state index contributed by atoms with van der Waals surface area (Å²) in [5.41, 5.74) is 2.10. The predicted octanol–water partition coefficient (Wildman–Crippen LogP) is 2.14. The summed E-state index contributed by atoms with van der Waals surface area (Å²) in [6.45, 7) is 3.14. The summed E-state index contributed by atoms with van der Waals surface area (Å²) in [5, 5.41) is 9.10. The number of amides is 1. The van der Waals surface area contributed by atoms with Gasteiger partial charge in [-0.2, -0.15) is 0 Å². The van der Waals surface area contributed by atoms with Crippen LogP contribution < -0.4 is 0 Å². The molecule has 0 bridgehead atoms. The molecule has 0 fully saturated rings. The van der Waals surface area contributed by atoms with E-state index in [1.165, 1.54) is 10.5 Å². The second-order valence-corrected chi connectivity index (χ2v) is 4.25. The summed E-state index contributed by atoms with van der Waals surface area (Å²) in [4.78, 5) is 16.8. The molecule has 0 saturated carbocycles. The van der Waals surface area contributed by atoms with Gasteiger partial charge in [0.15, 0.2) is 0 Å². The van der Waals surface area contributed by atoms with Crippen LogP contribution in [0, 0.1) is 5.92 Å². The highest BCUT2D eigenvalue weighted by Crippen LogP contribution is 2.22. The molecule has 1 amide bonds. The molecule has 0 saturated heterocycles. The normalized spacial score (nSPS) is 20.1. The Morgan fingerprint density at radius 3 is 3.19 bits per heavy atom. The van der Waals surface area contributed by atoms with Crippen LogP contribution in [0.2, 0.25) is 0 Å². The lowest BCUT2D eigenvalue weighted by Gasteiger charge is -2.20. The summed E-state index contributed by atoms with van der Waals surface area (Å²) < 4.78 is 0. The Morgan fingerprint density at radius 1 is 1.69 bits per heavy atom. The number of aromatic nitrogens is 1. The Balaban J connectivity index is 2.30. The van der Waals surface area contributed by atoms with Gasteiger partial charge in [-0.05, 0) is 24.0 Å². The molecule has 4 heteroatoms. The first-order chi connectivity index (χ1) is 7.70. The fraction of sp³-hybridized carbons (Fsp3) is 0.500. The minimum atomic E-state index is -0.850. The van der Waals surface area contributed by atoms with Gasteiger partial charge in [-0.15, -0.1) is 0 Å².